The number of ether oxygens (including phenoxy) is 1. The third kappa shape index (κ3) is 4.08. The van der Waals surface area contributed by atoms with Crippen LogP contribution < -0.4 is 15.8 Å². The molecule has 104 valence electrons. The van der Waals surface area contributed by atoms with E-state index in [4.69, 9.17) is 10.5 Å². The molecule has 0 bridgehead atoms. The Kier molecular flexibility index (Phi) is 4.76. The summed E-state index contributed by atoms with van der Waals surface area (Å²) in [5, 5.41) is 2.71. The van der Waals surface area contributed by atoms with Gasteiger partial charge in [0.1, 0.15) is 11.5 Å². The van der Waals surface area contributed by atoms with Crippen LogP contribution in [0.1, 0.15) is 6.92 Å². The van der Waals surface area contributed by atoms with Crippen LogP contribution in [0.3, 0.4) is 0 Å². The summed E-state index contributed by atoms with van der Waals surface area (Å²) in [5.41, 5.74) is 6.18. The van der Waals surface area contributed by atoms with E-state index in [0.717, 1.165) is 10.2 Å². The molecule has 0 saturated carbocycles. The summed E-state index contributed by atoms with van der Waals surface area (Å²) in [6, 6.07) is 14.2. The lowest BCUT2D eigenvalue weighted by Crippen LogP contribution is -2.32. The van der Waals surface area contributed by atoms with Gasteiger partial charge in [-0.2, -0.15) is 0 Å². The van der Waals surface area contributed by atoms with Crippen LogP contribution in [0.4, 0.5) is 5.69 Å². The SMILES string of the molecule is CC(N)C(=O)Nc1ccc(Oc2ccc(Br)cc2)cc1. The van der Waals surface area contributed by atoms with E-state index < -0.39 is 6.04 Å². The molecule has 1 unspecified atom stereocenters. The zero-order valence-corrected chi connectivity index (χ0v) is 12.6. The van der Waals surface area contributed by atoms with E-state index in [1.165, 1.54) is 0 Å². The molecule has 3 N–H and O–H groups in total. The second-order valence-corrected chi connectivity index (χ2v) is 5.27. The Morgan fingerprint density at radius 1 is 1.10 bits per heavy atom. The number of amides is 1. The molecular weight excluding hydrogens is 320 g/mol. The van der Waals surface area contributed by atoms with Gasteiger partial charge >= 0.3 is 0 Å². The summed E-state index contributed by atoms with van der Waals surface area (Å²) < 4.78 is 6.68. The van der Waals surface area contributed by atoms with E-state index in [1.807, 2.05) is 24.3 Å². The summed E-state index contributed by atoms with van der Waals surface area (Å²) in [6.07, 6.45) is 0. The molecule has 0 heterocycles. The Morgan fingerprint density at radius 3 is 2.10 bits per heavy atom. The van der Waals surface area contributed by atoms with Crippen molar-refractivity contribution in [3.63, 3.8) is 0 Å². The average molecular weight is 335 g/mol. The van der Waals surface area contributed by atoms with Gasteiger partial charge in [-0.05, 0) is 55.5 Å². The maximum atomic E-state index is 11.4. The molecule has 20 heavy (non-hydrogen) atoms. The number of hydrogen-bond acceptors (Lipinski definition) is 3. The minimum Gasteiger partial charge on any atom is -0.457 e. The fourth-order valence-electron chi connectivity index (χ4n) is 1.50. The first-order chi connectivity index (χ1) is 9.54. The van der Waals surface area contributed by atoms with Crippen molar-refractivity contribution in [3.05, 3.63) is 53.0 Å². The van der Waals surface area contributed by atoms with Crippen molar-refractivity contribution >= 4 is 27.5 Å². The highest BCUT2D eigenvalue weighted by Gasteiger charge is 2.07. The second kappa shape index (κ2) is 6.54. The van der Waals surface area contributed by atoms with Crippen LogP contribution >= 0.6 is 15.9 Å². The molecular formula is C15H15BrN2O2. The number of carbonyl (C=O) groups excluding carboxylic acids is 1. The van der Waals surface area contributed by atoms with Crippen molar-refractivity contribution in [3.8, 4) is 11.5 Å². The molecule has 4 nitrogen and oxygen atoms in total. The van der Waals surface area contributed by atoms with E-state index in [-0.39, 0.29) is 5.91 Å². The van der Waals surface area contributed by atoms with Crippen molar-refractivity contribution in [2.24, 2.45) is 5.73 Å². The first kappa shape index (κ1) is 14.6. The second-order valence-electron chi connectivity index (χ2n) is 4.36. The van der Waals surface area contributed by atoms with Crippen molar-refractivity contribution in [2.45, 2.75) is 13.0 Å². The number of nitrogens with two attached hydrogens (primary N) is 1. The van der Waals surface area contributed by atoms with Gasteiger partial charge < -0.3 is 15.8 Å². The third-order valence-electron chi connectivity index (χ3n) is 2.58. The van der Waals surface area contributed by atoms with Gasteiger partial charge in [0, 0.05) is 10.2 Å². The summed E-state index contributed by atoms with van der Waals surface area (Å²) in [4.78, 5) is 11.4. The lowest BCUT2D eigenvalue weighted by atomic mass is 10.2. The zero-order chi connectivity index (χ0) is 14.5. The summed E-state index contributed by atoms with van der Waals surface area (Å²) in [5.74, 6) is 1.23. The van der Waals surface area contributed by atoms with Gasteiger partial charge in [-0.1, -0.05) is 15.9 Å². The van der Waals surface area contributed by atoms with Gasteiger partial charge in [-0.15, -0.1) is 0 Å². The van der Waals surface area contributed by atoms with Crippen molar-refractivity contribution in [1.29, 1.82) is 0 Å². The number of hydrogen-bond donors (Lipinski definition) is 2. The van der Waals surface area contributed by atoms with Crippen LogP contribution in [0.2, 0.25) is 0 Å². The number of carbonyl (C=O) groups is 1. The Labute approximate surface area is 126 Å². The largest absolute Gasteiger partial charge is 0.457 e. The van der Waals surface area contributed by atoms with Gasteiger partial charge in [-0.3, -0.25) is 4.79 Å². The van der Waals surface area contributed by atoms with Crippen LogP contribution in [0.5, 0.6) is 11.5 Å². The van der Waals surface area contributed by atoms with Crippen molar-refractivity contribution < 1.29 is 9.53 Å². The van der Waals surface area contributed by atoms with Gasteiger partial charge in [0.15, 0.2) is 0 Å². The Morgan fingerprint density at radius 2 is 1.60 bits per heavy atom. The number of nitrogens with one attached hydrogen (secondary N) is 1. The maximum absolute atomic E-state index is 11.4. The quantitative estimate of drug-likeness (QED) is 0.898. The fourth-order valence-corrected chi connectivity index (χ4v) is 1.77. The first-order valence-electron chi connectivity index (χ1n) is 6.14. The molecule has 0 aromatic heterocycles. The molecule has 1 amide bonds. The molecule has 0 spiro atoms. The lowest BCUT2D eigenvalue weighted by Gasteiger charge is -2.09. The van der Waals surface area contributed by atoms with Gasteiger partial charge in [0.05, 0.1) is 6.04 Å². The smallest absolute Gasteiger partial charge is 0.240 e. The molecule has 2 aromatic carbocycles. The van der Waals surface area contributed by atoms with Gasteiger partial charge in [-0.25, -0.2) is 0 Å². The van der Waals surface area contributed by atoms with Crippen molar-refractivity contribution in [2.75, 3.05) is 5.32 Å². The monoisotopic (exact) mass is 334 g/mol. The predicted octanol–water partition coefficient (Wildman–Crippen LogP) is 3.53. The normalized spacial score (nSPS) is 11.8. The Hall–Kier alpha value is -1.85. The highest BCUT2D eigenvalue weighted by molar-refractivity contribution is 9.10. The van der Waals surface area contributed by atoms with E-state index in [0.29, 0.717) is 11.4 Å². The highest BCUT2D eigenvalue weighted by atomic mass is 79.9. The molecule has 5 heteroatoms. The standard InChI is InChI=1S/C15H15BrN2O2/c1-10(17)15(19)18-12-4-8-14(9-5-12)20-13-6-2-11(16)3-7-13/h2-10H,17H2,1H3,(H,18,19). The third-order valence-corrected chi connectivity index (χ3v) is 3.11. The molecule has 2 rings (SSSR count). The number of halogens is 1. The number of rotatable bonds is 4. The summed E-state index contributed by atoms with van der Waals surface area (Å²) in [7, 11) is 0. The fraction of sp³-hybridized carbons (Fsp3) is 0.133. The van der Waals surface area contributed by atoms with Crippen LogP contribution in [0, 0.1) is 0 Å². The molecule has 1 atom stereocenters. The van der Waals surface area contributed by atoms with Crippen LogP contribution in [-0.2, 0) is 4.79 Å². The van der Waals surface area contributed by atoms with E-state index in [9.17, 15) is 4.79 Å². The minimum absolute atomic E-state index is 0.216. The summed E-state index contributed by atoms with van der Waals surface area (Å²) >= 11 is 3.37. The van der Waals surface area contributed by atoms with E-state index in [1.54, 1.807) is 31.2 Å². The molecule has 0 aliphatic rings. The van der Waals surface area contributed by atoms with Crippen molar-refractivity contribution in [1.82, 2.24) is 0 Å². The molecule has 0 saturated heterocycles. The lowest BCUT2D eigenvalue weighted by molar-refractivity contribution is -0.117. The number of benzene rings is 2. The Balaban J connectivity index is 2.01. The van der Waals surface area contributed by atoms with Gasteiger partial charge in [0.2, 0.25) is 5.91 Å². The van der Waals surface area contributed by atoms with Crippen LogP contribution in [-0.4, -0.2) is 11.9 Å². The molecule has 0 aliphatic heterocycles. The van der Waals surface area contributed by atoms with E-state index >= 15 is 0 Å². The topological polar surface area (TPSA) is 64.4 Å². The minimum atomic E-state index is -0.534. The van der Waals surface area contributed by atoms with Crippen LogP contribution in [0.15, 0.2) is 53.0 Å². The van der Waals surface area contributed by atoms with Crippen LogP contribution in [0.25, 0.3) is 0 Å². The molecule has 2 aromatic rings. The first-order valence-corrected chi connectivity index (χ1v) is 6.94. The highest BCUT2D eigenvalue weighted by Crippen LogP contribution is 2.24. The predicted molar refractivity (Wildman–Crippen MR) is 82.9 cm³/mol. The molecule has 0 radical (unpaired) electrons. The zero-order valence-electron chi connectivity index (χ0n) is 11.0. The number of anilines is 1. The maximum Gasteiger partial charge on any atom is 0.240 e. The van der Waals surface area contributed by atoms with E-state index in [2.05, 4.69) is 21.2 Å². The van der Waals surface area contributed by atoms with Gasteiger partial charge in [0.25, 0.3) is 0 Å². The average Bonchev–Trinajstić information content (AvgIpc) is 2.43. The Bertz CT molecular complexity index is 580. The molecule has 0 aliphatic carbocycles. The summed E-state index contributed by atoms with van der Waals surface area (Å²) in [6.45, 7) is 1.64. The molecule has 0 fully saturated rings.